The third-order valence-corrected chi connectivity index (χ3v) is 9.73. The number of fused-ring (bicyclic) bond motifs is 1. The first-order valence-electron chi connectivity index (χ1n) is 14.8. The number of nitrogens with one attached hydrogen (secondary N) is 2. The van der Waals surface area contributed by atoms with E-state index < -0.39 is 31.2 Å². The highest BCUT2D eigenvalue weighted by molar-refractivity contribution is 7.38. The van der Waals surface area contributed by atoms with Crippen molar-refractivity contribution in [1.29, 1.82) is 0 Å². The summed E-state index contributed by atoms with van der Waals surface area (Å²) in [4.78, 5) is 32.5. The summed E-state index contributed by atoms with van der Waals surface area (Å²) in [5.74, 6) is -0.440. The number of alkyl halides is 3. The molecular weight excluding hydrogens is 610 g/mol. The van der Waals surface area contributed by atoms with Gasteiger partial charge in [0, 0.05) is 26.2 Å². The molecule has 3 aromatic rings. The molecule has 1 aromatic heterocycles. The van der Waals surface area contributed by atoms with Gasteiger partial charge in [-0.15, -0.1) is 0 Å². The maximum atomic E-state index is 14.0. The molecule has 0 saturated heterocycles. The van der Waals surface area contributed by atoms with E-state index in [1.807, 2.05) is 6.07 Å². The predicted octanol–water partition coefficient (Wildman–Crippen LogP) is 6.65. The average molecular weight is 647 g/mol. The molecule has 14 heteroatoms. The molecule has 2 aliphatic rings. The number of nitrogens with zero attached hydrogens (tertiary/aromatic N) is 3. The van der Waals surface area contributed by atoms with Gasteiger partial charge < -0.3 is 25.4 Å². The number of hydrogen-bond acceptors (Lipinski definition) is 8. The minimum atomic E-state index is -4.77. The number of aliphatic hydroxyl groups is 1. The van der Waals surface area contributed by atoms with Gasteiger partial charge in [0.25, 0.3) is 5.91 Å². The zero-order valence-corrected chi connectivity index (χ0v) is 26.1. The lowest BCUT2D eigenvalue weighted by molar-refractivity contribution is -0.137. The highest BCUT2D eigenvalue weighted by Gasteiger charge is 2.37. The van der Waals surface area contributed by atoms with Crippen LogP contribution < -0.4 is 15.4 Å². The van der Waals surface area contributed by atoms with E-state index in [2.05, 4.69) is 20.6 Å². The summed E-state index contributed by atoms with van der Waals surface area (Å²) in [7, 11) is 0.677. The van der Waals surface area contributed by atoms with Crippen molar-refractivity contribution >= 4 is 37.1 Å². The Morgan fingerprint density at radius 3 is 2.49 bits per heavy atom. The molecule has 0 bridgehead atoms. The first-order chi connectivity index (χ1) is 21.4. The molecule has 1 aliphatic heterocycles. The number of hydrogen-bond donors (Lipinski definition) is 4. The lowest BCUT2D eigenvalue weighted by Gasteiger charge is -2.27. The molecular formula is C31H36F3N5O5P+. The molecule has 4 N–H and O–H groups in total. The summed E-state index contributed by atoms with van der Waals surface area (Å²) in [6.07, 6.45) is -0.636. The first kappa shape index (κ1) is 32.6. The minimum absolute atomic E-state index is 0.142. The summed E-state index contributed by atoms with van der Waals surface area (Å²) in [5.41, 5.74) is 2.07. The molecule has 2 unspecified atom stereocenters. The minimum Gasteiger partial charge on any atom is -0.495 e. The van der Waals surface area contributed by atoms with Crippen LogP contribution in [0.2, 0.25) is 0 Å². The van der Waals surface area contributed by atoms with Crippen molar-refractivity contribution in [2.75, 3.05) is 24.8 Å². The maximum absolute atomic E-state index is 14.0. The average Bonchev–Trinajstić information content (AvgIpc) is 3.30. The van der Waals surface area contributed by atoms with Gasteiger partial charge in [0.2, 0.25) is 5.95 Å². The summed E-state index contributed by atoms with van der Waals surface area (Å²) in [6, 6.07) is 8.46. The van der Waals surface area contributed by atoms with E-state index in [-0.39, 0.29) is 35.3 Å². The monoisotopic (exact) mass is 646 g/mol. The molecule has 0 spiro atoms. The van der Waals surface area contributed by atoms with Crippen molar-refractivity contribution in [3.8, 4) is 5.75 Å². The number of benzene rings is 2. The summed E-state index contributed by atoms with van der Waals surface area (Å²) in [6.45, 7) is 2.21. The second-order valence-corrected chi connectivity index (χ2v) is 12.9. The van der Waals surface area contributed by atoms with Crippen LogP contribution in [0.3, 0.4) is 0 Å². The molecule has 1 fully saturated rings. The molecule has 2 atom stereocenters. The Hall–Kier alpha value is -3.80. The van der Waals surface area contributed by atoms with Crippen molar-refractivity contribution < 1.29 is 37.3 Å². The number of rotatable bonds is 10. The van der Waals surface area contributed by atoms with E-state index in [1.54, 1.807) is 37.1 Å². The second-order valence-electron chi connectivity index (χ2n) is 11.5. The number of aromatic nitrogens is 2. The summed E-state index contributed by atoms with van der Waals surface area (Å²) < 4.78 is 59.2. The number of carbonyl (C=O) groups is 1. The predicted molar refractivity (Wildman–Crippen MR) is 164 cm³/mol. The van der Waals surface area contributed by atoms with Gasteiger partial charge >= 0.3 is 14.2 Å². The van der Waals surface area contributed by atoms with Gasteiger partial charge in [-0.3, -0.25) is 4.79 Å². The number of anilines is 4. The van der Waals surface area contributed by atoms with E-state index in [9.17, 15) is 32.5 Å². The molecule has 10 nitrogen and oxygen atoms in total. The SMILES string of the molecule is CCC(Cc1ccc(Nc2nc(Nc3ccc(C4CCC(O)CC4)c4c3C(=O)N(C)C4)ncc2C(F)(F)F)c(OC)c1)[P+](=O)O. The van der Waals surface area contributed by atoms with E-state index in [4.69, 9.17) is 4.74 Å². The fourth-order valence-electron chi connectivity index (χ4n) is 6.06. The van der Waals surface area contributed by atoms with Crippen LogP contribution in [-0.2, 0) is 23.7 Å². The number of ether oxygens (including phenoxy) is 1. The van der Waals surface area contributed by atoms with E-state index in [0.717, 1.165) is 24.0 Å². The fourth-order valence-corrected chi connectivity index (χ4v) is 6.74. The van der Waals surface area contributed by atoms with Crippen LogP contribution in [0.1, 0.15) is 77.6 Å². The lowest BCUT2D eigenvalue weighted by Crippen LogP contribution is -2.18. The highest BCUT2D eigenvalue weighted by atomic mass is 31.1. The normalized spacial score (nSPS) is 19.2. The van der Waals surface area contributed by atoms with Crippen molar-refractivity contribution in [3.63, 3.8) is 0 Å². The Balaban J connectivity index is 1.47. The van der Waals surface area contributed by atoms with Crippen LogP contribution in [0, 0.1) is 0 Å². The number of carbonyl (C=O) groups excluding carboxylic acids is 1. The van der Waals surface area contributed by atoms with Gasteiger partial charge in [-0.1, -0.05) is 19.1 Å². The van der Waals surface area contributed by atoms with E-state index >= 15 is 0 Å². The third kappa shape index (κ3) is 7.05. The van der Waals surface area contributed by atoms with Crippen molar-refractivity contribution in [1.82, 2.24) is 14.9 Å². The Labute approximate surface area is 259 Å². The number of methoxy groups -OCH3 is 1. The molecule has 45 heavy (non-hydrogen) atoms. The van der Waals surface area contributed by atoms with Gasteiger partial charge in [-0.05, 0) is 77.5 Å². The Morgan fingerprint density at radius 2 is 1.84 bits per heavy atom. The Bertz CT molecular complexity index is 1600. The maximum Gasteiger partial charge on any atom is 0.508 e. The van der Waals surface area contributed by atoms with Crippen LogP contribution in [-0.4, -0.2) is 56.7 Å². The summed E-state index contributed by atoms with van der Waals surface area (Å²) in [5, 5.41) is 15.7. The van der Waals surface area contributed by atoms with E-state index in [0.29, 0.717) is 55.2 Å². The smallest absolute Gasteiger partial charge is 0.495 e. The summed E-state index contributed by atoms with van der Waals surface area (Å²) >= 11 is 0. The largest absolute Gasteiger partial charge is 0.508 e. The molecule has 5 rings (SSSR count). The quantitative estimate of drug-likeness (QED) is 0.179. The Morgan fingerprint density at radius 1 is 1.13 bits per heavy atom. The van der Waals surface area contributed by atoms with Crippen LogP contribution in [0.4, 0.5) is 36.3 Å². The lowest BCUT2D eigenvalue weighted by atomic mass is 9.80. The van der Waals surface area contributed by atoms with Crippen LogP contribution in [0.15, 0.2) is 36.5 Å². The molecule has 1 aliphatic carbocycles. The van der Waals surface area contributed by atoms with Crippen molar-refractivity contribution in [2.24, 2.45) is 0 Å². The number of halogens is 3. The van der Waals surface area contributed by atoms with Gasteiger partial charge in [0.05, 0.1) is 30.2 Å². The topological polar surface area (TPSA) is 137 Å². The zero-order valence-electron chi connectivity index (χ0n) is 25.2. The van der Waals surface area contributed by atoms with Gasteiger partial charge in [-0.2, -0.15) is 23.0 Å². The molecule has 1 amide bonds. The van der Waals surface area contributed by atoms with Crippen LogP contribution in [0.25, 0.3) is 0 Å². The van der Waals surface area contributed by atoms with Crippen LogP contribution >= 0.6 is 8.03 Å². The third-order valence-electron chi connectivity index (χ3n) is 8.56. The van der Waals surface area contributed by atoms with Gasteiger partial charge in [0.15, 0.2) is 5.66 Å². The molecule has 1 saturated carbocycles. The van der Waals surface area contributed by atoms with Crippen molar-refractivity contribution in [2.45, 2.75) is 75.9 Å². The fraction of sp³-hybridized carbons (Fsp3) is 0.452. The van der Waals surface area contributed by atoms with Crippen molar-refractivity contribution in [3.05, 3.63) is 64.3 Å². The van der Waals surface area contributed by atoms with Gasteiger partial charge in [0.1, 0.15) is 17.1 Å². The van der Waals surface area contributed by atoms with Crippen LogP contribution in [0.5, 0.6) is 5.75 Å². The molecule has 2 heterocycles. The highest BCUT2D eigenvalue weighted by Crippen LogP contribution is 2.42. The molecule has 240 valence electrons. The molecule has 2 aromatic carbocycles. The van der Waals surface area contributed by atoms with E-state index in [1.165, 1.54) is 13.2 Å². The van der Waals surface area contributed by atoms with Gasteiger partial charge in [-0.25, -0.2) is 4.98 Å². The first-order valence-corrected chi connectivity index (χ1v) is 16.1. The Kier molecular flexibility index (Phi) is 9.62. The second kappa shape index (κ2) is 13.3. The standard InChI is InChI=1S/C31H35F3N5O5P/c1-4-20(45(42)43)13-17-5-11-24(26(14-17)44-3)36-28-23(31(32,33)34)15-35-30(38-28)37-25-12-10-21(18-6-8-19(40)9-7-18)22-16-39(2)29(41)27(22)25/h5,10-12,14-15,18-20,40H,4,6-9,13,16H2,1-3H3,(H2-,35,36,37,38,41,42,43)/p+1. The molecule has 0 radical (unpaired) electrons. The number of aliphatic hydroxyl groups excluding tert-OH is 1. The number of amides is 1. The zero-order chi connectivity index (χ0) is 32.5.